The summed E-state index contributed by atoms with van der Waals surface area (Å²) in [5, 5.41) is 0. The largest absolute Gasteiger partial charge is 0.756 e. The normalized spacial score (nSPS) is 13.0. The summed E-state index contributed by atoms with van der Waals surface area (Å²) in [6.07, 6.45) is 101. The van der Waals surface area contributed by atoms with Crippen molar-refractivity contribution >= 4 is 19.8 Å². The summed E-state index contributed by atoms with van der Waals surface area (Å²) in [5.74, 6) is -0.803. The third-order valence-electron chi connectivity index (χ3n) is 19.9. The van der Waals surface area contributed by atoms with E-state index in [0.717, 1.165) is 32.1 Å². The van der Waals surface area contributed by atoms with Crippen LogP contribution in [0.5, 0.6) is 0 Å². The van der Waals surface area contributed by atoms with Crippen LogP contribution in [-0.2, 0) is 32.7 Å². The van der Waals surface area contributed by atoms with Gasteiger partial charge in [0.25, 0.3) is 7.82 Å². The maximum atomic E-state index is 12.9. The molecular weight excluding hydrogens is 1210 g/mol. The van der Waals surface area contributed by atoms with E-state index in [2.05, 4.69) is 38.2 Å². The van der Waals surface area contributed by atoms with E-state index < -0.39 is 26.5 Å². The maximum Gasteiger partial charge on any atom is 0.306 e. The van der Waals surface area contributed by atoms with Crippen LogP contribution < -0.4 is 4.89 Å². The van der Waals surface area contributed by atoms with E-state index in [1.54, 1.807) is 0 Å². The van der Waals surface area contributed by atoms with E-state index >= 15 is 0 Å². The average Bonchev–Trinajstić information content (AvgIpc) is 2.72. The molecule has 0 spiro atoms. The summed E-state index contributed by atoms with van der Waals surface area (Å²) in [5.41, 5.74) is 0. The minimum absolute atomic E-state index is 0.0261. The van der Waals surface area contributed by atoms with Crippen molar-refractivity contribution < 1.29 is 42.1 Å². The smallest absolute Gasteiger partial charge is 0.306 e. The lowest BCUT2D eigenvalue weighted by molar-refractivity contribution is -0.870. The van der Waals surface area contributed by atoms with Crippen LogP contribution in [0.15, 0.2) is 24.3 Å². The predicted octanol–water partition coefficient (Wildman–Crippen LogP) is 28.1. The highest BCUT2D eigenvalue weighted by Gasteiger charge is 2.22. The number of hydrogen-bond acceptors (Lipinski definition) is 8. The summed E-state index contributed by atoms with van der Waals surface area (Å²) in [6, 6.07) is 0. The number of allylic oxidation sites excluding steroid dienone is 4. The van der Waals surface area contributed by atoms with Gasteiger partial charge in [0.1, 0.15) is 19.8 Å². The minimum atomic E-state index is -4.64. The molecule has 2 unspecified atom stereocenters. The molecule has 0 amide bonds. The summed E-state index contributed by atoms with van der Waals surface area (Å²) in [7, 11) is 1.20. The van der Waals surface area contributed by atoms with Crippen LogP contribution in [0.1, 0.15) is 463 Å². The second-order valence-electron chi connectivity index (χ2n) is 30.9. The number of ether oxygens (including phenoxy) is 2. The van der Waals surface area contributed by atoms with Crippen LogP contribution in [0, 0.1) is 0 Å². The predicted molar refractivity (Wildman–Crippen MR) is 416 cm³/mol. The summed E-state index contributed by atoms with van der Waals surface area (Å²) >= 11 is 0. The van der Waals surface area contributed by atoms with Crippen molar-refractivity contribution in [1.29, 1.82) is 0 Å². The van der Waals surface area contributed by atoms with E-state index in [-0.39, 0.29) is 32.0 Å². The molecule has 0 aromatic carbocycles. The molecule has 10 heteroatoms. The Morgan fingerprint density at radius 3 is 0.771 bits per heavy atom. The Balaban J connectivity index is 3.86. The molecule has 0 aliphatic heterocycles. The highest BCUT2D eigenvalue weighted by atomic mass is 31.2. The molecule has 570 valence electrons. The fourth-order valence-corrected chi connectivity index (χ4v) is 14.1. The lowest BCUT2D eigenvalue weighted by atomic mass is 10.0. The van der Waals surface area contributed by atoms with Crippen LogP contribution in [-0.4, -0.2) is 70.0 Å². The van der Waals surface area contributed by atoms with Gasteiger partial charge in [-0.3, -0.25) is 14.2 Å². The van der Waals surface area contributed by atoms with Gasteiger partial charge >= 0.3 is 11.9 Å². The number of likely N-dealkylation sites (N-methyl/N-ethyl adjacent to an activating group) is 1. The Labute approximate surface area is 599 Å². The zero-order valence-electron chi connectivity index (χ0n) is 65.4. The number of unbranched alkanes of at least 4 members (excludes halogenated alkanes) is 64. The molecule has 0 saturated carbocycles. The van der Waals surface area contributed by atoms with Gasteiger partial charge in [0.15, 0.2) is 6.10 Å². The molecule has 96 heavy (non-hydrogen) atoms. The number of esters is 2. The first kappa shape index (κ1) is 94.5. The van der Waals surface area contributed by atoms with Crippen molar-refractivity contribution in [2.45, 2.75) is 469 Å². The van der Waals surface area contributed by atoms with Gasteiger partial charge in [0.2, 0.25) is 0 Å². The second-order valence-corrected chi connectivity index (χ2v) is 32.3. The lowest BCUT2D eigenvalue weighted by Crippen LogP contribution is -2.37. The molecule has 2 atom stereocenters. The van der Waals surface area contributed by atoms with Gasteiger partial charge in [-0.05, 0) is 64.2 Å². The van der Waals surface area contributed by atoms with Crippen molar-refractivity contribution in [3.8, 4) is 0 Å². The van der Waals surface area contributed by atoms with Crippen molar-refractivity contribution in [3.05, 3.63) is 24.3 Å². The summed E-state index contributed by atoms with van der Waals surface area (Å²) < 4.78 is 34.5. The molecule has 0 radical (unpaired) electrons. The van der Waals surface area contributed by atoms with Crippen molar-refractivity contribution in [1.82, 2.24) is 0 Å². The van der Waals surface area contributed by atoms with Gasteiger partial charge in [-0.1, -0.05) is 411 Å². The van der Waals surface area contributed by atoms with Crippen molar-refractivity contribution in [3.63, 3.8) is 0 Å². The van der Waals surface area contributed by atoms with E-state index in [0.29, 0.717) is 17.4 Å². The Kier molecular flexibility index (Phi) is 76.4. The van der Waals surface area contributed by atoms with Gasteiger partial charge in [0.05, 0.1) is 27.7 Å². The minimum Gasteiger partial charge on any atom is -0.756 e. The van der Waals surface area contributed by atoms with E-state index in [1.165, 1.54) is 398 Å². The molecule has 9 nitrogen and oxygen atoms in total. The van der Waals surface area contributed by atoms with Crippen LogP contribution in [0.25, 0.3) is 0 Å². The Morgan fingerprint density at radius 1 is 0.312 bits per heavy atom. The first-order valence-corrected chi connectivity index (χ1v) is 44.5. The first-order valence-electron chi connectivity index (χ1n) is 43.0. The van der Waals surface area contributed by atoms with Crippen molar-refractivity contribution in [2.75, 3.05) is 47.5 Å². The Bertz CT molecular complexity index is 1660. The van der Waals surface area contributed by atoms with E-state index in [1.807, 2.05) is 21.1 Å². The zero-order valence-corrected chi connectivity index (χ0v) is 66.3. The van der Waals surface area contributed by atoms with Gasteiger partial charge in [-0.25, -0.2) is 0 Å². The summed E-state index contributed by atoms with van der Waals surface area (Å²) in [6.45, 7) is 4.34. The number of phosphoric ester groups is 1. The molecule has 0 rings (SSSR count). The van der Waals surface area contributed by atoms with Gasteiger partial charge in [0, 0.05) is 12.8 Å². The molecule has 0 heterocycles. The second kappa shape index (κ2) is 77.6. The molecular formula is C86H168NO8P. The quantitative estimate of drug-likeness (QED) is 0.0195. The summed E-state index contributed by atoms with van der Waals surface area (Å²) in [4.78, 5) is 38.2. The van der Waals surface area contributed by atoms with Crippen LogP contribution in [0.3, 0.4) is 0 Å². The number of nitrogens with zero attached hydrogens (tertiary/aromatic N) is 1. The van der Waals surface area contributed by atoms with Gasteiger partial charge < -0.3 is 27.9 Å². The molecule has 0 fully saturated rings. The number of phosphoric acid groups is 1. The SMILES string of the molecule is CCCCCCCCCC/C=C\CCCCCCCCCCCCCCCCCCCCCCCCCCCC(=O)OC(COC(=O)CCCCCCCCCCCCCCCCCCCCCCCCC/C=C\CCCCCCCCCC)COP(=O)([O-])OCC[N+](C)(C)C. The topological polar surface area (TPSA) is 111 Å². The van der Waals surface area contributed by atoms with Crippen LogP contribution in [0.2, 0.25) is 0 Å². The first-order chi connectivity index (χ1) is 47.0. The maximum absolute atomic E-state index is 12.9. The molecule has 0 aromatic rings. The fourth-order valence-electron chi connectivity index (χ4n) is 13.4. The van der Waals surface area contributed by atoms with Gasteiger partial charge in [-0.2, -0.15) is 0 Å². The zero-order chi connectivity index (χ0) is 69.7. The molecule has 0 aliphatic carbocycles. The highest BCUT2D eigenvalue weighted by molar-refractivity contribution is 7.45. The number of carbonyl (C=O) groups excluding carboxylic acids is 2. The fraction of sp³-hybridized carbons (Fsp3) is 0.930. The average molecular weight is 1380 g/mol. The molecule has 0 bridgehead atoms. The third kappa shape index (κ3) is 81.5. The number of rotatable bonds is 82. The number of hydrogen-bond donors (Lipinski definition) is 0. The highest BCUT2D eigenvalue weighted by Crippen LogP contribution is 2.38. The van der Waals surface area contributed by atoms with E-state index in [9.17, 15) is 19.0 Å². The Morgan fingerprint density at radius 2 is 0.531 bits per heavy atom. The molecule has 0 aliphatic rings. The molecule has 0 saturated heterocycles. The van der Waals surface area contributed by atoms with E-state index in [4.69, 9.17) is 18.5 Å². The Hall–Kier alpha value is -1.51. The van der Waals surface area contributed by atoms with Crippen LogP contribution in [0.4, 0.5) is 0 Å². The van der Waals surface area contributed by atoms with Crippen molar-refractivity contribution in [2.24, 2.45) is 0 Å². The monoisotopic (exact) mass is 1370 g/mol. The number of carbonyl (C=O) groups is 2. The lowest BCUT2D eigenvalue weighted by Gasteiger charge is -2.28. The molecule has 0 N–H and O–H groups in total. The van der Waals surface area contributed by atoms with Gasteiger partial charge in [-0.15, -0.1) is 0 Å². The molecule has 0 aromatic heterocycles. The standard InChI is InChI=1S/C86H168NO8P/c1-6-8-10-12-14-16-18-20-22-24-26-28-30-32-34-36-38-40-42-43-45-47-49-51-53-55-57-59-61-63-65-67-69-71-73-75-77-79-86(89)95-84(83-94-96(90,91)93-81-80-87(3,4)5)82-92-85(88)78-76-74-72-70-68-66-64-62-60-58-56-54-52-50-48-46-44-41-39-37-35-33-31-29-27-25-23-21-19-17-15-13-11-9-7-2/h24-27,84H,6-23,28-83H2,1-5H3/b26-24-,27-25-. The number of quaternary nitrogens is 1. The van der Waals surface area contributed by atoms with Crippen LogP contribution >= 0.6 is 7.82 Å². The third-order valence-corrected chi connectivity index (χ3v) is 20.9.